The standard InChI is InChI=1S/C12H4Cl5NO/c13-7-6(8(14)10(16)11(17)9(7)15)12-5(4-19)2-1-3-18-12/h1-4H. The molecule has 19 heavy (non-hydrogen) atoms. The Kier molecular flexibility index (Phi) is 4.59. The third-order valence-electron chi connectivity index (χ3n) is 2.41. The SMILES string of the molecule is O=Cc1cccnc1-c1c(Cl)c(Cl)c(Cl)c(Cl)c1Cl. The van der Waals surface area contributed by atoms with E-state index >= 15 is 0 Å². The second-order valence-corrected chi connectivity index (χ2v) is 5.39. The predicted octanol–water partition coefficient (Wildman–Crippen LogP) is 5.83. The maximum Gasteiger partial charge on any atom is 0.152 e. The van der Waals surface area contributed by atoms with E-state index in [0.717, 1.165) is 0 Å². The minimum atomic E-state index is 0.0608. The van der Waals surface area contributed by atoms with Crippen LogP contribution >= 0.6 is 58.0 Å². The Morgan fingerprint density at radius 1 is 0.895 bits per heavy atom. The zero-order valence-electron chi connectivity index (χ0n) is 9.05. The molecule has 1 aromatic heterocycles. The van der Waals surface area contributed by atoms with Crippen LogP contribution in [-0.2, 0) is 0 Å². The minimum Gasteiger partial charge on any atom is -0.298 e. The molecule has 0 aliphatic heterocycles. The van der Waals surface area contributed by atoms with Crippen molar-refractivity contribution in [3.8, 4) is 11.3 Å². The van der Waals surface area contributed by atoms with Crippen LogP contribution in [0.15, 0.2) is 18.3 Å². The smallest absolute Gasteiger partial charge is 0.152 e. The van der Waals surface area contributed by atoms with E-state index in [9.17, 15) is 4.79 Å². The van der Waals surface area contributed by atoms with Gasteiger partial charge in [0.2, 0.25) is 0 Å². The summed E-state index contributed by atoms with van der Waals surface area (Å²) in [6.45, 7) is 0. The normalized spacial score (nSPS) is 10.6. The maximum atomic E-state index is 11.0. The molecular formula is C12H4Cl5NO. The highest BCUT2D eigenvalue weighted by molar-refractivity contribution is 6.56. The van der Waals surface area contributed by atoms with Gasteiger partial charge in [0.05, 0.1) is 30.8 Å². The zero-order valence-corrected chi connectivity index (χ0v) is 12.8. The lowest BCUT2D eigenvalue weighted by molar-refractivity contribution is 0.112. The number of aldehydes is 1. The van der Waals surface area contributed by atoms with E-state index < -0.39 is 0 Å². The van der Waals surface area contributed by atoms with Crippen LogP contribution < -0.4 is 0 Å². The average Bonchev–Trinajstić information content (AvgIpc) is 2.44. The summed E-state index contributed by atoms with van der Waals surface area (Å²) in [7, 11) is 0. The molecule has 0 aliphatic rings. The van der Waals surface area contributed by atoms with Gasteiger partial charge in [-0.3, -0.25) is 9.78 Å². The van der Waals surface area contributed by atoms with E-state index in [1.165, 1.54) is 6.20 Å². The summed E-state index contributed by atoms with van der Waals surface area (Å²) in [5.74, 6) is 0. The van der Waals surface area contributed by atoms with Crippen LogP contribution in [0.4, 0.5) is 0 Å². The molecule has 2 rings (SSSR count). The molecule has 0 amide bonds. The fourth-order valence-corrected chi connectivity index (χ4v) is 2.85. The van der Waals surface area contributed by atoms with Crippen molar-refractivity contribution in [1.29, 1.82) is 0 Å². The van der Waals surface area contributed by atoms with Gasteiger partial charge in [-0.15, -0.1) is 0 Å². The van der Waals surface area contributed by atoms with Crippen LogP contribution in [0.25, 0.3) is 11.3 Å². The molecule has 0 saturated heterocycles. The minimum absolute atomic E-state index is 0.0608. The number of aromatic nitrogens is 1. The van der Waals surface area contributed by atoms with E-state index in [-0.39, 0.29) is 30.7 Å². The summed E-state index contributed by atoms with van der Waals surface area (Å²) < 4.78 is 0. The van der Waals surface area contributed by atoms with E-state index in [2.05, 4.69) is 4.98 Å². The van der Waals surface area contributed by atoms with Crippen molar-refractivity contribution in [2.75, 3.05) is 0 Å². The quantitative estimate of drug-likeness (QED) is 0.385. The monoisotopic (exact) mass is 353 g/mol. The third kappa shape index (κ3) is 2.56. The molecule has 0 unspecified atom stereocenters. The zero-order chi connectivity index (χ0) is 14.2. The van der Waals surface area contributed by atoms with Crippen LogP contribution in [0.3, 0.4) is 0 Å². The molecule has 0 fully saturated rings. The molecule has 0 atom stereocenters. The Morgan fingerprint density at radius 3 is 1.95 bits per heavy atom. The van der Waals surface area contributed by atoms with Crippen molar-refractivity contribution >= 4 is 64.3 Å². The average molecular weight is 355 g/mol. The van der Waals surface area contributed by atoms with Crippen molar-refractivity contribution in [2.45, 2.75) is 0 Å². The summed E-state index contributed by atoms with van der Waals surface area (Å²) in [5.41, 5.74) is 0.902. The molecule has 0 bridgehead atoms. The number of halogens is 5. The third-order valence-corrected chi connectivity index (χ3v) is 4.69. The molecule has 0 radical (unpaired) electrons. The Hall–Kier alpha value is -0.510. The molecule has 0 saturated carbocycles. The lowest BCUT2D eigenvalue weighted by atomic mass is 10.1. The summed E-state index contributed by atoms with van der Waals surface area (Å²) in [6, 6.07) is 3.20. The molecule has 7 heteroatoms. The van der Waals surface area contributed by atoms with Crippen LogP contribution in [0.5, 0.6) is 0 Å². The highest BCUT2D eigenvalue weighted by Crippen LogP contribution is 2.48. The van der Waals surface area contributed by atoms with Gasteiger partial charge in [-0.2, -0.15) is 0 Å². The number of benzene rings is 1. The van der Waals surface area contributed by atoms with Gasteiger partial charge in [-0.05, 0) is 12.1 Å². The van der Waals surface area contributed by atoms with Crippen molar-refractivity contribution in [3.63, 3.8) is 0 Å². The van der Waals surface area contributed by atoms with Gasteiger partial charge < -0.3 is 0 Å². The fraction of sp³-hybridized carbons (Fsp3) is 0. The van der Waals surface area contributed by atoms with Gasteiger partial charge >= 0.3 is 0 Å². The van der Waals surface area contributed by atoms with Crippen LogP contribution in [-0.4, -0.2) is 11.3 Å². The molecule has 1 aromatic carbocycles. The van der Waals surface area contributed by atoms with Crippen molar-refractivity contribution in [2.24, 2.45) is 0 Å². The number of pyridine rings is 1. The molecule has 0 spiro atoms. The van der Waals surface area contributed by atoms with Crippen LogP contribution in [0.2, 0.25) is 25.1 Å². The second-order valence-electron chi connectivity index (χ2n) is 3.50. The van der Waals surface area contributed by atoms with Crippen molar-refractivity contribution in [1.82, 2.24) is 4.98 Å². The molecule has 0 N–H and O–H groups in total. The molecule has 1 heterocycles. The Labute approximate surface area is 134 Å². The number of hydrogen-bond acceptors (Lipinski definition) is 2. The van der Waals surface area contributed by atoms with E-state index in [0.29, 0.717) is 17.5 Å². The van der Waals surface area contributed by atoms with Crippen molar-refractivity contribution in [3.05, 3.63) is 49.0 Å². The first-order valence-electron chi connectivity index (χ1n) is 4.91. The predicted molar refractivity (Wildman–Crippen MR) is 80.1 cm³/mol. The lowest BCUT2D eigenvalue weighted by Gasteiger charge is -2.13. The summed E-state index contributed by atoms with van der Waals surface area (Å²) in [4.78, 5) is 15.1. The summed E-state index contributed by atoms with van der Waals surface area (Å²) >= 11 is 30.1. The Balaban J connectivity index is 2.87. The molecule has 2 nitrogen and oxygen atoms in total. The largest absolute Gasteiger partial charge is 0.298 e. The highest BCUT2D eigenvalue weighted by atomic mass is 35.5. The Bertz CT molecular complexity index is 642. The Morgan fingerprint density at radius 2 is 1.42 bits per heavy atom. The first kappa shape index (κ1) is 14.9. The van der Waals surface area contributed by atoms with Crippen LogP contribution in [0, 0.1) is 0 Å². The number of carbonyl (C=O) groups is 1. The number of hydrogen-bond donors (Lipinski definition) is 0. The molecular weight excluding hydrogens is 351 g/mol. The van der Waals surface area contributed by atoms with Gasteiger partial charge in [0.15, 0.2) is 6.29 Å². The van der Waals surface area contributed by atoms with Gasteiger partial charge in [-0.25, -0.2) is 0 Å². The fourth-order valence-electron chi connectivity index (χ4n) is 1.53. The second kappa shape index (κ2) is 5.86. The van der Waals surface area contributed by atoms with Crippen LogP contribution in [0.1, 0.15) is 10.4 Å². The van der Waals surface area contributed by atoms with E-state index in [1.807, 2.05) is 0 Å². The number of nitrogens with zero attached hydrogens (tertiary/aromatic N) is 1. The highest BCUT2D eigenvalue weighted by Gasteiger charge is 2.22. The molecule has 0 aliphatic carbocycles. The lowest BCUT2D eigenvalue weighted by Crippen LogP contribution is -1.94. The van der Waals surface area contributed by atoms with Crippen molar-refractivity contribution < 1.29 is 4.79 Å². The summed E-state index contributed by atoms with van der Waals surface area (Å²) in [6.07, 6.45) is 2.15. The first-order chi connectivity index (χ1) is 8.99. The number of carbonyl (C=O) groups excluding carboxylic acids is 1. The van der Waals surface area contributed by atoms with E-state index in [1.54, 1.807) is 12.1 Å². The van der Waals surface area contributed by atoms with Gasteiger partial charge in [0, 0.05) is 17.3 Å². The summed E-state index contributed by atoms with van der Waals surface area (Å²) in [5, 5.41) is 0.391. The van der Waals surface area contributed by atoms with Gasteiger partial charge in [0.25, 0.3) is 0 Å². The molecule has 98 valence electrons. The van der Waals surface area contributed by atoms with Gasteiger partial charge in [0.1, 0.15) is 0 Å². The maximum absolute atomic E-state index is 11.0. The molecule has 2 aromatic rings. The van der Waals surface area contributed by atoms with Gasteiger partial charge in [-0.1, -0.05) is 58.0 Å². The number of rotatable bonds is 2. The van der Waals surface area contributed by atoms with E-state index in [4.69, 9.17) is 58.0 Å². The topological polar surface area (TPSA) is 30.0 Å². The first-order valence-corrected chi connectivity index (χ1v) is 6.80.